The standard InChI is InChI=1S/C17H27N7O/c1-6-14-19-15-8-7-13(9-24(15)22-14)18-11(3)17(25)20-16-10(2)21-23(5)12(16)4/h11,13,18H,6-9H2,1-5H3,(H,20,25)/t11-,13+/m1/s1. The number of amides is 1. The summed E-state index contributed by atoms with van der Waals surface area (Å²) in [5.41, 5.74) is 2.59. The summed E-state index contributed by atoms with van der Waals surface area (Å²) in [6, 6.07) is -0.0736. The highest BCUT2D eigenvalue weighted by atomic mass is 16.2. The Morgan fingerprint density at radius 3 is 2.76 bits per heavy atom. The number of aromatic nitrogens is 5. The summed E-state index contributed by atoms with van der Waals surface area (Å²) >= 11 is 0. The zero-order chi connectivity index (χ0) is 18.1. The highest BCUT2D eigenvalue weighted by molar-refractivity contribution is 5.95. The molecule has 0 spiro atoms. The van der Waals surface area contributed by atoms with Gasteiger partial charge in [-0.1, -0.05) is 6.92 Å². The number of hydrogen-bond donors (Lipinski definition) is 2. The van der Waals surface area contributed by atoms with Crippen molar-refractivity contribution in [2.45, 2.75) is 65.6 Å². The number of fused-ring (bicyclic) bond motifs is 1. The number of hydrogen-bond acceptors (Lipinski definition) is 5. The lowest BCUT2D eigenvalue weighted by Gasteiger charge is -2.26. The number of rotatable bonds is 5. The fourth-order valence-electron chi connectivity index (χ4n) is 3.26. The lowest BCUT2D eigenvalue weighted by molar-refractivity contribution is -0.118. The summed E-state index contributed by atoms with van der Waals surface area (Å²) < 4.78 is 3.75. The fraction of sp³-hybridized carbons (Fsp3) is 0.647. The van der Waals surface area contributed by atoms with E-state index in [1.165, 1.54) is 0 Å². The second-order valence-corrected chi connectivity index (χ2v) is 6.76. The molecule has 1 aliphatic heterocycles. The smallest absolute Gasteiger partial charge is 0.241 e. The molecule has 0 bridgehead atoms. The third kappa shape index (κ3) is 3.58. The van der Waals surface area contributed by atoms with Crippen LogP contribution in [0.25, 0.3) is 0 Å². The Labute approximate surface area is 148 Å². The number of nitrogens with one attached hydrogen (secondary N) is 2. The first-order valence-corrected chi connectivity index (χ1v) is 8.88. The van der Waals surface area contributed by atoms with Crippen molar-refractivity contribution in [3.05, 3.63) is 23.0 Å². The van der Waals surface area contributed by atoms with Gasteiger partial charge in [-0.3, -0.25) is 9.48 Å². The number of nitrogens with zero attached hydrogens (tertiary/aromatic N) is 5. The van der Waals surface area contributed by atoms with Crippen molar-refractivity contribution in [3.63, 3.8) is 0 Å². The monoisotopic (exact) mass is 345 g/mol. The van der Waals surface area contributed by atoms with Crippen LogP contribution in [-0.2, 0) is 31.2 Å². The van der Waals surface area contributed by atoms with Crippen molar-refractivity contribution in [2.24, 2.45) is 7.05 Å². The van der Waals surface area contributed by atoms with Crippen molar-refractivity contribution in [2.75, 3.05) is 5.32 Å². The van der Waals surface area contributed by atoms with Gasteiger partial charge in [-0.25, -0.2) is 9.67 Å². The molecule has 0 fully saturated rings. The Hall–Kier alpha value is -2.22. The first-order chi connectivity index (χ1) is 11.9. The van der Waals surface area contributed by atoms with E-state index in [1.54, 1.807) is 4.68 Å². The molecule has 3 heterocycles. The molecule has 2 atom stereocenters. The van der Waals surface area contributed by atoms with E-state index in [9.17, 15) is 4.79 Å². The molecule has 0 unspecified atom stereocenters. The van der Waals surface area contributed by atoms with E-state index in [0.717, 1.165) is 54.5 Å². The molecule has 0 aromatic carbocycles. The van der Waals surface area contributed by atoms with E-state index < -0.39 is 0 Å². The predicted octanol–water partition coefficient (Wildman–Crippen LogP) is 1.12. The maximum Gasteiger partial charge on any atom is 0.241 e. The van der Waals surface area contributed by atoms with Crippen LogP contribution >= 0.6 is 0 Å². The van der Waals surface area contributed by atoms with E-state index in [2.05, 4.69) is 32.7 Å². The molecular formula is C17H27N7O. The molecule has 1 aliphatic rings. The van der Waals surface area contributed by atoms with E-state index in [0.29, 0.717) is 0 Å². The molecule has 3 rings (SSSR count). The van der Waals surface area contributed by atoms with Crippen molar-refractivity contribution < 1.29 is 4.79 Å². The molecule has 8 heteroatoms. The van der Waals surface area contributed by atoms with Crippen LogP contribution in [0.1, 0.15) is 43.3 Å². The molecule has 0 saturated carbocycles. The highest BCUT2D eigenvalue weighted by Crippen LogP contribution is 2.19. The minimum absolute atomic E-state index is 0.0437. The fourth-order valence-corrected chi connectivity index (χ4v) is 3.26. The molecule has 1 amide bonds. The summed E-state index contributed by atoms with van der Waals surface area (Å²) in [5.74, 6) is 1.90. The lowest BCUT2D eigenvalue weighted by atomic mass is 10.1. The maximum atomic E-state index is 12.6. The third-order valence-corrected chi connectivity index (χ3v) is 4.85. The van der Waals surface area contributed by atoms with Gasteiger partial charge in [0.1, 0.15) is 5.82 Å². The summed E-state index contributed by atoms with van der Waals surface area (Å²) in [6.45, 7) is 8.56. The van der Waals surface area contributed by atoms with Crippen LogP contribution in [0.4, 0.5) is 5.69 Å². The van der Waals surface area contributed by atoms with Crippen molar-refractivity contribution in [1.82, 2.24) is 29.9 Å². The summed E-state index contributed by atoms with van der Waals surface area (Å²) in [7, 11) is 1.88. The summed E-state index contributed by atoms with van der Waals surface area (Å²) in [5, 5.41) is 15.3. The van der Waals surface area contributed by atoms with Crippen LogP contribution in [0.5, 0.6) is 0 Å². The number of carbonyl (C=O) groups excluding carboxylic acids is 1. The first kappa shape index (κ1) is 17.6. The molecule has 8 nitrogen and oxygen atoms in total. The van der Waals surface area contributed by atoms with Gasteiger partial charge in [0, 0.05) is 25.9 Å². The maximum absolute atomic E-state index is 12.6. The van der Waals surface area contributed by atoms with Crippen LogP contribution in [0.15, 0.2) is 0 Å². The van der Waals surface area contributed by atoms with Crippen molar-refractivity contribution >= 4 is 11.6 Å². The summed E-state index contributed by atoms with van der Waals surface area (Å²) in [4.78, 5) is 17.1. The van der Waals surface area contributed by atoms with Crippen LogP contribution in [-0.4, -0.2) is 42.5 Å². The molecule has 0 radical (unpaired) electrons. The summed E-state index contributed by atoms with van der Waals surface area (Å²) in [6.07, 6.45) is 2.70. The van der Waals surface area contributed by atoms with E-state index in [4.69, 9.17) is 0 Å². The third-order valence-electron chi connectivity index (χ3n) is 4.85. The van der Waals surface area contributed by atoms with Gasteiger partial charge < -0.3 is 10.6 Å². The molecule has 0 saturated heterocycles. The lowest BCUT2D eigenvalue weighted by Crippen LogP contribution is -2.47. The van der Waals surface area contributed by atoms with E-state index in [-0.39, 0.29) is 18.0 Å². The van der Waals surface area contributed by atoms with Gasteiger partial charge in [-0.2, -0.15) is 10.2 Å². The molecule has 2 N–H and O–H groups in total. The number of anilines is 1. The largest absolute Gasteiger partial charge is 0.322 e. The Morgan fingerprint density at radius 2 is 2.12 bits per heavy atom. The topological polar surface area (TPSA) is 89.7 Å². The minimum Gasteiger partial charge on any atom is -0.322 e. The van der Waals surface area contributed by atoms with E-state index in [1.807, 2.05) is 32.5 Å². The normalized spacial score (nSPS) is 18.0. The molecule has 0 aliphatic carbocycles. The quantitative estimate of drug-likeness (QED) is 0.848. The zero-order valence-corrected chi connectivity index (χ0v) is 15.6. The van der Waals surface area contributed by atoms with Gasteiger partial charge in [0.2, 0.25) is 5.91 Å². The van der Waals surface area contributed by atoms with Crippen LogP contribution < -0.4 is 10.6 Å². The van der Waals surface area contributed by atoms with Gasteiger partial charge in [0.05, 0.1) is 29.7 Å². The number of aryl methyl sites for hydroxylation is 4. The van der Waals surface area contributed by atoms with Gasteiger partial charge >= 0.3 is 0 Å². The van der Waals surface area contributed by atoms with Crippen LogP contribution in [0.2, 0.25) is 0 Å². The number of carbonyl (C=O) groups is 1. The molecule has 2 aromatic heterocycles. The Morgan fingerprint density at radius 1 is 1.36 bits per heavy atom. The Bertz CT molecular complexity index is 776. The van der Waals surface area contributed by atoms with Crippen molar-refractivity contribution in [1.29, 1.82) is 0 Å². The predicted molar refractivity (Wildman–Crippen MR) is 95.4 cm³/mol. The van der Waals surface area contributed by atoms with E-state index >= 15 is 0 Å². The average molecular weight is 345 g/mol. The van der Waals surface area contributed by atoms with Gasteiger partial charge in [-0.05, 0) is 27.2 Å². The Kier molecular flexibility index (Phi) is 4.89. The molecule has 136 valence electrons. The van der Waals surface area contributed by atoms with Crippen LogP contribution in [0, 0.1) is 13.8 Å². The first-order valence-electron chi connectivity index (χ1n) is 8.88. The molecule has 2 aromatic rings. The second kappa shape index (κ2) is 6.95. The van der Waals surface area contributed by atoms with Gasteiger partial charge in [0.25, 0.3) is 0 Å². The van der Waals surface area contributed by atoms with Gasteiger partial charge in [-0.15, -0.1) is 0 Å². The molecular weight excluding hydrogens is 318 g/mol. The minimum atomic E-state index is -0.292. The second-order valence-electron chi connectivity index (χ2n) is 6.76. The highest BCUT2D eigenvalue weighted by Gasteiger charge is 2.25. The van der Waals surface area contributed by atoms with Crippen molar-refractivity contribution in [3.8, 4) is 0 Å². The van der Waals surface area contributed by atoms with Gasteiger partial charge in [0.15, 0.2) is 5.82 Å². The molecule has 25 heavy (non-hydrogen) atoms. The Balaban J connectivity index is 1.60. The SMILES string of the molecule is CCc1nc2n(n1)C[C@@H](N[C@H](C)C(=O)Nc1c(C)nn(C)c1C)CC2. The van der Waals surface area contributed by atoms with Crippen LogP contribution in [0.3, 0.4) is 0 Å². The average Bonchev–Trinajstić information content (AvgIpc) is 3.10. The zero-order valence-electron chi connectivity index (χ0n) is 15.6.